The van der Waals surface area contributed by atoms with Crippen molar-refractivity contribution in [2.75, 3.05) is 19.1 Å². The first kappa shape index (κ1) is 22.0. The largest absolute Gasteiger partial charge is 0.493 e. The second kappa shape index (κ2) is 8.99. The van der Waals surface area contributed by atoms with E-state index < -0.39 is 17.1 Å². The number of carbonyl (C=O) groups excluding carboxylic acids is 3. The number of rotatable bonds is 5. The van der Waals surface area contributed by atoms with Crippen molar-refractivity contribution in [2.45, 2.75) is 6.92 Å². The number of esters is 1. The second-order valence-electron chi connectivity index (χ2n) is 5.96. The Morgan fingerprint density at radius 2 is 1.67 bits per heavy atom. The van der Waals surface area contributed by atoms with Crippen molar-refractivity contribution in [1.29, 1.82) is 0 Å². The maximum Gasteiger partial charge on any atom is 0.308 e. The Labute approximate surface area is 186 Å². The molecule has 0 radical (unpaired) electrons. The zero-order valence-corrected chi connectivity index (χ0v) is 18.4. The highest BCUT2D eigenvalue weighted by molar-refractivity contribution is 8.19. The number of carbonyl (C=O) groups is 3. The van der Waals surface area contributed by atoms with E-state index >= 15 is 0 Å². The molecular weight excluding hydrogens is 453 g/mol. The summed E-state index contributed by atoms with van der Waals surface area (Å²) in [4.78, 5) is 37.9. The molecule has 2 aromatic rings. The van der Waals surface area contributed by atoms with E-state index in [2.05, 4.69) is 0 Å². The average molecular weight is 468 g/mol. The third kappa shape index (κ3) is 4.40. The van der Waals surface area contributed by atoms with Crippen LogP contribution in [0.4, 0.5) is 10.5 Å². The van der Waals surface area contributed by atoms with Crippen LogP contribution in [0.1, 0.15) is 12.5 Å². The summed E-state index contributed by atoms with van der Waals surface area (Å²) >= 11 is 12.7. The standard InChI is InChI=1S/C20H15Cl2NO6S/c1-10(24)29-18-15(27-2)6-11(7-16(18)28-3)8-17-19(25)23(20(26)30-17)12-4-5-13(21)14(22)9-12/h4-9H,1-3H3/b17-8+. The SMILES string of the molecule is COc1cc(/C=C2/SC(=O)N(c3ccc(Cl)c(Cl)c3)C2=O)cc(OC)c1OC(C)=O. The second-order valence-corrected chi connectivity index (χ2v) is 7.77. The number of anilines is 1. The maximum absolute atomic E-state index is 12.8. The fourth-order valence-corrected chi connectivity index (χ4v) is 3.83. The maximum atomic E-state index is 12.8. The molecule has 30 heavy (non-hydrogen) atoms. The van der Waals surface area contributed by atoms with E-state index in [9.17, 15) is 14.4 Å². The zero-order valence-electron chi connectivity index (χ0n) is 16.0. The first-order valence-electron chi connectivity index (χ1n) is 8.42. The quantitative estimate of drug-likeness (QED) is 0.340. The van der Waals surface area contributed by atoms with E-state index in [-0.39, 0.29) is 27.2 Å². The summed E-state index contributed by atoms with van der Waals surface area (Å²) in [5.74, 6) is -0.458. The summed E-state index contributed by atoms with van der Waals surface area (Å²) in [5, 5.41) is 0.0721. The highest BCUT2D eigenvalue weighted by atomic mass is 35.5. The van der Waals surface area contributed by atoms with Gasteiger partial charge in [0.1, 0.15) is 0 Å². The Bertz CT molecular complexity index is 1060. The van der Waals surface area contributed by atoms with Gasteiger partial charge in [-0.1, -0.05) is 23.2 Å². The molecule has 2 amide bonds. The molecule has 3 rings (SSSR count). The molecule has 0 unspecified atom stereocenters. The molecule has 0 N–H and O–H groups in total. The molecule has 2 aromatic carbocycles. The number of halogens is 2. The summed E-state index contributed by atoms with van der Waals surface area (Å²) in [6.07, 6.45) is 1.52. The van der Waals surface area contributed by atoms with Crippen LogP contribution in [0.25, 0.3) is 6.08 Å². The van der Waals surface area contributed by atoms with Crippen LogP contribution in [0.5, 0.6) is 17.2 Å². The molecule has 1 heterocycles. The Morgan fingerprint density at radius 3 is 2.20 bits per heavy atom. The van der Waals surface area contributed by atoms with Gasteiger partial charge in [0.05, 0.1) is 34.9 Å². The lowest BCUT2D eigenvalue weighted by atomic mass is 10.1. The lowest BCUT2D eigenvalue weighted by Gasteiger charge is -2.14. The van der Waals surface area contributed by atoms with Crippen LogP contribution in [0.2, 0.25) is 10.0 Å². The monoisotopic (exact) mass is 467 g/mol. The molecule has 1 aliphatic heterocycles. The summed E-state index contributed by atoms with van der Waals surface area (Å²) in [6, 6.07) is 7.62. The van der Waals surface area contributed by atoms with E-state index in [1.807, 2.05) is 0 Å². The number of methoxy groups -OCH3 is 2. The van der Waals surface area contributed by atoms with Crippen molar-refractivity contribution < 1.29 is 28.6 Å². The number of ether oxygens (including phenoxy) is 3. The number of nitrogens with zero attached hydrogens (tertiary/aromatic N) is 1. The van der Waals surface area contributed by atoms with Gasteiger partial charge in [0.15, 0.2) is 11.5 Å². The predicted molar refractivity (Wildman–Crippen MR) is 116 cm³/mol. The fraction of sp³-hybridized carbons (Fsp3) is 0.150. The molecular formula is C20H15Cl2NO6S. The summed E-state index contributed by atoms with van der Waals surface area (Å²) in [6.45, 7) is 1.26. The molecule has 0 aliphatic carbocycles. The van der Waals surface area contributed by atoms with E-state index in [1.165, 1.54) is 45.4 Å². The number of benzene rings is 2. The van der Waals surface area contributed by atoms with Crippen LogP contribution < -0.4 is 19.1 Å². The number of hydrogen-bond acceptors (Lipinski definition) is 7. The van der Waals surface area contributed by atoms with Crippen LogP contribution in [0.15, 0.2) is 35.2 Å². The van der Waals surface area contributed by atoms with E-state index in [0.29, 0.717) is 16.3 Å². The third-order valence-electron chi connectivity index (χ3n) is 3.98. The van der Waals surface area contributed by atoms with Gasteiger partial charge >= 0.3 is 5.97 Å². The molecule has 0 atom stereocenters. The minimum atomic E-state index is -0.540. The van der Waals surface area contributed by atoms with E-state index in [0.717, 1.165) is 16.7 Å². The first-order valence-corrected chi connectivity index (χ1v) is 9.99. The van der Waals surface area contributed by atoms with Gasteiger partial charge < -0.3 is 14.2 Å². The first-order chi connectivity index (χ1) is 14.2. The molecule has 1 saturated heterocycles. The lowest BCUT2D eigenvalue weighted by Crippen LogP contribution is -2.27. The van der Waals surface area contributed by atoms with Gasteiger partial charge in [0.2, 0.25) is 5.75 Å². The van der Waals surface area contributed by atoms with Crippen LogP contribution in [-0.4, -0.2) is 31.3 Å². The van der Waals surface area contributed by atoms with Crippen molar-refractivity contribution in [3.63, 3.8) is 0 Å². The van der Waals surface area contributed by atoms with Crippen LogP contribution in [0, 0.1) is 0 Å². The molecule has 10 heteroatoms. The lowest BCUT2D eigenvalue weighted by molar-refractivity contribution is -0.132. The Balaban J connectivity index is 1.99. The molecule has 1 fully saturated rings. The summed E-state index contributed by atoms with van der Waals surface area (Å²) in [7, 11) is 2.81. The normalized spacial score (nSPS) is 15.0. The number of imide groups is 1. The predicted octanol–water partition coefficient (Wildman–Crippen LogP) is 5.18. The van der Waals surface area contributed by atoms with Gasteiger partial charge in [-0.15, -0.1) is 0 Å². The Hall–Kier alpha value is -2.68. The van der Waals surface area contributed by atoms with Gasteiger partial charge in [-0.25, -0.2) is 4.90 Å². The molecule has 0 saturated carbocycles. The third-order valence-corrected chi connectivity index (χ3v) is 5.59. The summed E-state index contributed by atoms with van der Waals surface area (Å²) in [5.41, 5.74) is 0.829. The molecule has 1 aliphatic rings. The van der Waals surface area contributed by atoms with Crippen molar-refractivity contribution in [3.05, 3.63) is 50.8 Å². The molecule has 156 valence electrons. The number of amides is 2. The van der Waals surface area contributed by atoms with Crippen LogP contribution >= 0.6 is 35.0 Å². The van der Waals surface area contributed by atoms with Crippen LogP contribution in [-0.2, 0) is 9.59 Å². The Morgan fingerprint density at radius 1 is 1.03 bits per heavy atom. The van der Waals surface area contributed by atoms with Crippen molar-refractivity contribution in [2.24, 2.45) is 0 Å². The molecule has 0 aromatic heterocycles. The highest BCUT2D eigenvalue weighted by Crippen LogP contribution is 2.41. The van der Waals surface area contributed by atoms with Gasteiger partial charge in [0.25, 0.3) is 11.1 Å². The highest BCUT2D eigenvalue weighted by Gasteiger charge is 2.36. The van der Waals surface area contributed by atoms with Crippen molar-refractivity contribution in [1.82, 2.24) is 0 Å². The van der Waals surface area contributed by atoms with E-state index in [1.54, 1.807) is 12.1 Å². The van der Waals surface area contributed by atoms with Crippen LogP contribution in [0.3, 0.4) is 0 Å². The molecule has 0 spiro atoms. The topological polar surface area (TPSA) is 82.1 Å². The van der Waals surface area contributed by atoms with Crippen molar-refractivity contribution in [3.8, 4) is 17.2 Å². The fourth-order valence-electron chi connectivity index (χ4n) is 2.69. The molecule has 0 bridgehead atoms. The summed E-state index contributed by atoms with van der Waals surface area (Å²) < 4.78 is 15.7. The Kier molecular flexibility index (Phi) is 6.60. The van der Waals surface area contributed by atoms with Gasteiger partial charge in [-0.2, -0.15) is 0 Å². The number of thioether (sulfide) groups is 1. The minimum absolute atomic E-state index is 0.119. The van der Waals surface area contributed by atoms with E-state index in [4.69, 9.17) is 37.4 Å². The van der Waals surface area contributed by atoms with Gasteiger partial charge in [-0.3, -0.25) is 14.4 Å². The smallest absolute Gasteiger partial charge is 0.308 e. The zero-order chi connectivity index (χ0) is 22.0. The van der Waals surface area contributed by atoms with Crippen molar-refractivity contribution >= 4 is 63.8 Å². The van der Waals surface area contributed by atoms with Gasteiger partial charge in [0, 0.05) is 6.92 Å². The molecule has 7 nitrogen and oxygen atoms in total. The van der Waals surface area contributed by atoms with Gasteiger partial charge in [-0.05, 0) is 53.7 Å². The average Bonchev–Trinajstić information content (AvgIpc) is 2.97. The number of hydrogen-bond donors (Lipinski definition) is 0. The minimum Gasteiger partial charge on any atom is -0.493 e.